The highest BCUT2D eigenvalue weighted by Gasteiger charge is 2.05. The predicted octanol–water partition coefficient (Wildman–Crippen LogP) is 1.90. The Hall–Kier alpha value is -1.64. The van der Waals surface area contributed by atoms with Crippen LogP contribution in [0.1, 0.15) is 23.1 Å². The summed E-state index contributed by atoms with van der Waals surface area (Å²) in [7, 11) is 1.34. The minimum atomic E-state index is -0.411. The van der Waals surface area contributed by atoms with Crippen LogP contribution in [-0.4, -0.2) is 18.1 Å². The molecule has 0 aromatic carbocycles. The Morgan fingerprint density at radius 1 is 1.54 bits per heavy atom. The number of carbonyl (C=O) groups is 1. The van der Waals surface area contributed by atoms with E-state index >= 15 is 0 Å². The molecule has 3 nitrogen and oxygen atoms in total. The quantitative estimate of drug-likeness (QED) is 0.647. The molecule has 0 radical (unpaired) electrons. The third-order valence-electron chi connectivity index (χ3n) is 1.50. The second kappa shape index (κ2) is 4.40. The van der Waals surface area contributed by atoms with Gasteiger partial charge in [-0.1, -0.05) is 12.1 Å². The number of carbonyl (C=O) groups excluding carboxylic acids is 1. The van der Waals surface area contributed by atoms with E-state index in [1.165, 1.54) is 7.11 Å². The van der Waals surface area contributed by atoms with Crippen molar-refractivity contribution in [2.24, 2.45) is 0 Å². The van der Waals surface area contributed by atoms with Gasteiger partial charge in [-0.05, 0) is 25.1 Å². The van der Waals surface area contributed by atoms with E-state index in [0.717, 1.165) is 5.69 Å². The summed E-state index contributed by atoms with van der Waals surface area (Å²) in [5.74, 6) is -0.411. The van der Waals surface area contributed by atoms with Crippen LogP contribution >= 0.6 is 0 Å². The van der Waals surface area contributed by atoms with Gasteiger partial charge in [-0.2, -0.15) is 0 Å². The highest BCUT2D eigenvalue weighted by Crippen LogP contribution is 2.02. The van der Waals surface area contributed by atoms with Gasteiger partial charge in [0, 0.05) is 0 Å². The molecule has 0 aliphatic heterocycles. The van der Waals surface area contributed by atoms with E-state index in [1.807, 2.05) is 25.1 Å². The van der Waals surface area contributed by atoms with Gasteiger partial charge in [0.25, 0.3) is 0 Å². The van der Waals surface area contributed by atoms with Gasteiger partial charge >= 0.3 is 5.97 Å². The van der Waals surface area contributed by atoms with Crippen LogP contribution in [0.25, 0.3) is 6.08 Å². The lowest BCUT2D eigenvalue weighted by Gasteiger charge is -1.98. The lowest BCUT2D eigenvalue weighted by Crippen LogP contribution is -2.04. The number of rotatable bonds is 2. The van der Waals surface area contributed by atoms with Crippen molar-refractivity contribution in [3.05, 3.63) is 35.7 Å². The number of esters is 1. The molecular weight excluding hydrogens is 166 g/mol. The van der Waals surface area contributed by atoms with Crippen molar-refractivity contribution < 1.29 is 9.53 Å². The summed E-state index contributed by atoms with van der Waals surface area (Å²) in [5.41, 5.74) is 1.09. The number of hydrogen-bond acceptors (Lipinski definition) is 3. The van der Waals surface area contributed by atoms with Gasteiger partial charge in [0.15, 0.2) is 0 Å². The van der Waals surface area contributed by atoms with Gasteiger partial charge in [0.1, 0.15) is 5.69 Å². The molecule has 1 aromatic rings. The lowest BCUT2D eigenvalue weighted by atomic mass is 10.3. The van der Waals surface area contributed by atoms with E-state index in [1.54, 1.807) is 12.1 Å². The molecule has 0 N–H and O–H groups in total. The fourth-order valence-electron chi connectivity index (χ4n) is 0.933. The first-order chi connectivity index (χ1) is 6.27. The number of allylic oxidation sites excluding steroid dienone is 1. The largest absolute Gasteiger partial charge is 0.464 e. The van der Waals surface area contributed by atoms with Gasteiger partial charge < -0.3 is 4.74 Å². The summed E-state index contributed by atoms with van der Waals surface area (Å²) in [4.78, 5) is 15.1. The summed E-state index contributed by atoms with van der Waals surface area (Å²) in [5, 5.41) is 0. The number of ether oxygens (including phenoxy) is 1. The maximum absolute atomic E-state index is 11.1. The monoisotopic (exact) mass is 177 g/mol. The third-order valence-corrected chi connectivity index (χ3v) is 1.50. The summed E-state index contributed by atoms with van der Waals surface area (Å²) in [6.07, 6.45) is 3.69. The summed E-state index contributed by atoms with van der Waals surface area (Å²) < 4.78 is 4.54. The molecule has 3 heteroatoms. The molecule has 0 atom stereocenters. The van der Waals surface area contributed by atoms with Gasteiger partial charge in [-0.15, -0.1) is 0 Å². The zero-order valence-corrected chi connectivity index (χ0v) is 7.65. The van der Waals surface area contributed by atoms with Crippen LogP contribution in [0, 0.1) is 0 Å². The summed E-state index contributed by atoms with van der Waals surface area (Å²) in [6.45, 7) is 1.90. The van der Waals surface area contributed by atoms with Crippen LogP contribution in [0.4, 0.5) is 0 Å². The van der Waals surface area contributed by atoms with Crippen molar-refractivity contribution >= 4 is 12.0 Å². The van der Waals surface area contributed by atoms with Crippen LogP contribution in [0.15, 0.2) is 24.3 Å². The SMILES string of the molecule is C/C=C/c1cccc(C(=O)OC)n1. The molecule has 0 aliphatic rings. The Morgan fingerprint density at radius 3 is 2.92 bits per heavy atom. The van der Waals surface area contributed by atoms with Crippen molar-refractivity contribution in [1.82, 2.24) is 4.98 Å². The molecule has 68 valence electrons. The molecule has 0 saturated carbocycles. The zero-order valence-electron chi connectivity index (χ0n) is 7.65. The molecule has 1 aromatic heterocycles. The number of nitrogens with zero attached hydrogens (tertiary/aromatic N) is 1. The van der Waals surface area contributed by atoms with E-state index < -0.39 is 5.97 Å². The first kappa shape index (κ1) is 9.45. The predicted molar refractivity (Wildman–Crippen MR) is 50.3 cm³/mol. The van der Waals surface area contributed by atoms with Crippen molar-refractivity contribution in [2.75, 3.05) is 7.11 Å². The molecular formula is C10H11NO2. The Morgan fingerprint density at radius 2 is 2.31 bits per heavy atom. The van der Waals surface area contributed by atoms with Crippen molar-refractivity contribution in [3.63, 3.8) is 0 Å². The normalized spacial score (nSPS) is 10.3. The Balaban J connectivity index is 2.98. The van der Waals surface area contributed by atoms with Gasteiger partial charge in [0.05, 0.1) is 12.8 Å². The fourth-order valence-corrected chi connectivity index (χ4v) is 0.933. The van der Waals surface area contributed by atoms with Crippen LogP contribution < -0.4 is 0 Å². The molecule has 0 bridgehead atoms. The number of methoxy groups -OCH3 is 1. The standard InChI is InChI=1S/C10H11NO2/c1-3-5-8-6-4-7-9(11-8)10(12)13-2/h3-7H,1-2H3/b5-3+. The second-order valence-corrected chi connectivity index (χ2v) is 2.44. The van der Waals surface area contributed by atoms with Crippen molar-refractivity contribution in [1.29, 1.82) is 0 Å². The Kier molecular flexibility index (Phi) is 3.20. The van der Waals surface area contributed by atoms with Crippen molar-refractivity contribution in [3.8, 4) is 0 Å². The summed E-state index contributed by atoms with van der Waals surface area (Å²) in [6, 6.07) is 5.22. The van der Waals surface area contributed by atoms with Crippen LogP contribution in [0.5, 0.6) is 0 Å². The van der Waals surface area contributed by atoms with E-state index in [2.05, 4.69) is 9.72 Å². The summed E-state index contributed by atoms with van der Waals surface area (Å²) >= 11 is 0. The number of hydrogen-bond donors (Lipinski definition) is 0. The van der Waals surface area contributed by atoms with E-state index in [4.69, 9.17) is 0 Å². The number of pyridine rings is 1. The molecule has 1 rings (SSSR count). The fraction of sp³-hybridized carbons (Fsp3) is 0.200. The highest BCUT2D eigenvalue weighted by atomic mass is 16.5. The van der Waals surface area contributed by atoms with Crippen molar-refractivity contribution in [2.45, 2.75) is 6.92 Å². The van der Waals surface area contributed by atoms with Crippen LogP contribution in [0.3, 0.4) is 0 Å². The Bertz CT molecular complexity index is 331. The molecule has 0 fully saturated rings. The molecule has 13 heavy (non-hydrogen) atoms. The van der Waals surface area contributed by atoms with Gasteiger partial charge in [-0.25, -0.2) is 9.78 Å². The first-order valence-electron chi connectivity index (χ1n) is 3.96. The average molecular weight is 177 g/mol. The maximum Gasteiger partial charge on any atom is 0.356 e. The minimum absolute atomic E-state index is 0.332. The topological polar surface area (TPSA) is 39.2 Å². The smallest absolute Gasteiger partial charge is 0.356 e. The highest BCUT2D eigenvalue weighted by molar-refractivity contribution is 5.87. The van der Waals surface area contributed by atoms with E-state index in [-0.39, 0.29) is 0 Å². The Labute approximate surface area is 77.1 Å². The first-order valence-corrected chi connectivity index (χ1v) is 3.96. The maximum atomic E-state index is 11.1. The van der Waals surface area contributed by atoms with Crippen LogP contribution in [0.2, 0.25) is 0 Å². The molecule has 0 spiro atoms. The lowest BCUT2D eigenvalue weighted by molar-refractivity contribution is 0.0594. The number of aromatic nitrogens is 1. The minimum Gasteiger partial charge on any atom is -0.464 e. The third kappa shape index (κ3) is 2.40. The molecule has 0 amide bonds. The molecule has 0 aliphatic carbocycles. The average Bonchev–Trinajstić information content (AvgIpc) is 2.18. The molecule has 1 heterocycles. The zero-order chi connectivity index (χ0) is 9.68. The van der Waals surface area contributed by atoms with E-state index in [9.17, 15) is 4.79 Å². The van der Waals surface area contributed by atoms with Crippen LogP contribution in [-0.2, 0) is 4.74 Å². The second-order valence-electron chi connectivity index (χ2n) is 2.44. The van der Waals surface area contributed by atoms with E-state index in [0.29, 0.717) is 5.69 Å². The van der Waals surface area contributed by atoms with Gasteiger partial charge in [0.2, 0.25) is 0 Å². The molecule has 0 saturated heterocycles. The van der Waals surface area contributed by atoms with Gasteiger partial charge in [-0.3, -0.25) is 0 Å². The molecule has 0 unspecified atom stereocenters.